The summed E-state index contributed by atoms with van der Waals surface area (Å²) in [6.45, 7) is 5.86. The van der Waals surface area contributed by atoms with Gasteiger partial charge in [0.15, 0.2) is 0 Å². The van der Waals surface area contributed by atoms with Crippen molar-refractivity contribution in [2.45, 2.75) is 26.9 Å². The van der Waals surface area contributed by atoms with Crippen LogP contribution in [0.15, 0.2) is 33.5 Å². The molecule has 0 amide bonds. The summed E-state index contributed by atoms with van der Waals surface area (Å²) in [7, 11) is 0. The predicted octanol–water partition coefficient (Wildman–Crippen LogP) is 1.30. The Morgan fingerprint density at radius 2 is 2.06 bits per heavy atom. The van der Waals surface area contributed by atoms with E-state index in [9.17, 15) is 4.79 Å². The Morgan fingerprint density at radius 3 is 2.83 bits per heavy atom. The van der Waals surface area contributed by atoms with Crippen molar-refractivity contribution in [2.75, 3.05) is 6.54 Å². The number of aromatic nitrogens is 2. The van der Waals surface area contributed by atoms with Crippen molar-refractivity contribution < 1.29 is 4.42 Å². The molecule has 0 fully saturated rings. The van der Waals surface area contributed by atoms with Gasteiger partial charge < -0.3 is 9.73 Å². The summed E-state index contributed by atoms with van der Waals surface area (Å²) in [6.07, 6.45) is 0. The van der Waals surface area contributed by atoms with Crippen molar-refractivity contribution in [3.63, 3.8) is 0 Å². The van der Waals surface area contributed by atoms with Crippen LogP contribution >= 0.6 is 0 Å². The van der Waals surface area contributed by atoms with Gasteiger partial charge in [0.2, 0.25) is 0 Å². The van der Waals surface area contributed by atoms with Crippen LogP contribution in [0.5, 0.6) is 0 Å². The zero-order valence-electron chi connectivity index (χ0n) is 10.6. The van der Waals surface area contributed by atoms with Crippen LogP contribution in [0.3, 0.4) is 0 Å². The Hall–Kier alpha value is -1.88. The second-order valence-corrected chi connectivity index (χ2v) is 4.12. The molecule has 0 bridgehead atoms. The number of aryl methyl sites for hydroxylation is 1. The van der Waals surface area contributed by atoms with Gasteiger partial charge in [0, 0.05) is 6.07 Å². The molecule has 96 valence electrons. The molecule has 0 spiro atoms. The quantitative estimate of drug-likeness (QED) is 0.865. The molecule has 5 nitrogen and oxygen atoms in total. The summed E-state index contributed by atoms with van der Waals surface area (Å²) >= 11 is 0. The Balaban J connectivity index is 2.11. The van der Waals surface area contributed by atoms with Crippen LogP contribution in [0.25, 0.3) is 0 Å². The van der Waals surface area contributed by atoms with E-state index < -0.39 is 0 Å². The first-order valence-corrected chi connectivity index (χ1v) is 6.02. The van der Waals surface area contributed by atoms with Crippen LogP contribution in [0.4, 0.5) is 0 Å². The molecule has 0 atom stereocenters. The molecular formula is C13H17N3O2. The number of hydrogen-bond donors (Lipinski definition) is 1. The van der Waals surface area contributed by atoms with Crippen molar-refractivity contribution in [2.24, 2.45) is 0 Å². The van der Waals surface area contributed by atoms with Crippen molar-refractivity contribution in [3.05, 3.63) is 51.8 Å². The number of nitrogens with zero attached hydrogens (tertiary/aromatic N) is 2. The molecule has 0 aromatic carbocycles. The number of rotatable bonds is 5. The highest BCUT2D eigenvalue weighted by Crippen LogP contribution is 2.08. The highest BCUT2D eigenvalue weighted by atomic mass is 16.3. The fraction of sp³-hybridized carbons (Fsp3) is 0.385. The second-order valence-electron chi connectivity index (χ2n) is 4.12. The summed E-state index contributed by atoms with van der Waals surface area (Å²) in [4.78, 5) is 11.6. The largest absolute Gasteiger partial charge is 0.463 e. The molecule has 0 saturated heterocycles. The van der Waals surface area contributed by atoms with E-state index in [0.717, 1.165) is 23.8 Å². The van der Waals surface area contributed by atoms with Crippen LogP contribution in [-0.2, 0) is 13.1 Å². The molecule has 2 heterocycles. The molecule has 2 rings (SSSR count). The minimum atomic E-state index is -0.120. The standard InChI is InChI=1S/C13H17N3O2/c1-3-14-8-11-5-6-12(18-11)9-16-13(17)7-4-10(2)15-16/h4-7,14H,3,8-9H2,1-2H3. The van der Waals surface area contributed by atoms with Gasteiger partial charge in [-0.05, 0) is 31.7 Å². The summed E-state index contributed by atoms with van der Waals surface area (Å²) in [6, 6.07) is 7.02. The first-order valence-electron chi connectivity index (χ1n) is 6.02. The summed E-state index contributed by atoms with van der Waals surface area (Å²) in [5.41, 5.74) is 0.694. The van der Waals surface area contributed by atoms with E-state index in [1.165, 1.54) is 10.7 Å². The van der Waals surface area contributed by atoms with E-state index in [0.29, 0.717) is 13.1 Å². The van der Waals surface area contributed by atoms with Gasteiger partial charge in [0.25, 0.3) is 5.56 Å². The van der Waals surface area contributed by atoms with E-state index in [1.807, 2.05) is 26.0 Å². The van der Waals surface area contributed by atoms with Gasteiger partial charge in [0.05, 0.1) is 12.2 Å². The van der Waals surface area contributed by atoms with E-state index in [-0.39, 0.29) is 5.56 Å². The van der Waals surface area contributed by atoms with Crippen LogP contribution in [0.2, 0.25) is 0 Å². The van der Waals surface area contributed by atoms with Crippen LogP contribution in [0.1, 0.15) is 24.1 Å². The molecule has 0 aliphatic rings. The SMILES string of the molecule is CCNCc1ccc(Cn2nc(C)ccc2=O)o1. The number of hydrogen-bond acceptors (Lipinski definition) is 4. The van der Waals surface area contributed by atoms with Gasteiger partial charge in [-0.3, -0.25) is 4.79 Å². The third-order valence-corrected chi connectivity index (χ3v) is 2.57. The Kier molecular flexibility index (Phi) is 3.94. The van der Waals surface area contributed by atoms with Crippen LogP contribution in [0, 0.1) is 6.92 Å². The van der Waals surface area contributed by atoms with E-state index >= 15 is 0 Å². The summed E-state index contributed by atoms with van der Waals surface area (Å²) < 4.78 is 7.03. The third-order valence-electron chi connectivity index (χ3n) is 2.57. The lowest BCUT2D eigenvalue weighted by Gasteiger charge is -2.02. The second kappa shape index (κ2) is 5.64. The molecule has 0 radical (unpaired) electrons. The third kappa shape index (κ3) is 3.07. The van der Waals surface area contributed by atoms with Gasteiger partial charge >= 0.3 is 0 Å². The zero-order chi connectivity index (χ0) is 13.0. The molecule has 0 unspecified atom stereocenters. The maximum Gasteiger partial charge on any atom is 0.267 e. The van der Waals surface area contributed by atoms with Crippen molar-refractivity contribution in [3.8, 4) is 0 Å². The number of nitrogens with one attached hydrogen (secondary N) is 1. The van der Waals surface area contributed by atoms with Gasteiger partial charge in [-0.15, -0.1) is 0 Å². The molecule has 2 aromatic heterocycles. The Bertz CT molecular complexity index is 572. The van der Waals surface area contributed by atoms with Gasteiger partial charge in [-0.2, -0.15) is 5.10 Å². The molecule has 0 aliphatic carbocycles. The van der Waals surface area contributed by atoms with Crippen molar-refractivity contribution in [1.82, 2.24) is 15.1 Å². The lowest BCUT2D eigenvalue weighted by atomic mass is 10.4. The lowest BCUT2D eigenvalue weighted by Crippen LogP contribution is -2.22. The van der Waals surface area contributed by atoms with Crippen LogP contribution in [-0.4, -0.2) is 16.3 Å². The minimum Gasteiger partial charge on any atom is -0.463 e. The highest BCUT2D eigenvalue weighted by molar-refractivity contribution is 5.08. The Labute approximate surface area is 105 Å². The molecule has 2 aromatic rings. The molecule has 0 aliphatic heterocycles. The predicted molar refractivity (Wildman–Crippen MR) is 68.4 cm³/mol. The lowest BCUT2D eigenvalue weighted by molar-refractivity contribution is 0.427. The smallest absolute Gasteiger partial charge is 0.267 e. The van der Waals surface area contributed by atoms with Gasteiger partial charge in [0.1, 0.15) is 18.1 Å². The average molecular weight is 247 g/mol. The first kappa shape index (κ1) is 12.6. The Morgan fingerprint density at radius 1 is 1.28 bits per heavy atom. The monoisotopic (exact) mass is 247 g/mol. The minimum absolute atomic E-state index is 0.120. The first-order chi connectivity index (χ1) is 8.69. The van der Waals surface area contributed by atoms with Crippen LogP contribution < -0.4 is 10.9 Å². The summed E-state index contributed by atoms with van der Waals surface area (Å²) in [5.74, 6) is 1.61. The van der Waals surface area contributed by atoms with Crippen molar-refractivity contribution >= 4 is 0 Å². The van der Waals surface area contributed by atoms with E-state index in [2.05, 4.69) is 10.4 Å². The van der Waals surface area contributed by atoms with E-state index in [1.54, 1.807) is 6.07 Å². The maximum absolute atomic E-state index is 11.6. The molecule has 0 saturated carbocycles. The van der Waals surface area contributed by atoms with Gasteiger partial charge in [-0.1, -0.05) is 6.92 Å². The maximum atomic E-state index is 11.6. The van der Waals surface area contributed by atoms with Gasteiger partial charge in [-0.25, -0.2) is 4.68 Å². The molecule has 5 heteroatoms. The molecule has 1 N–H and O–H groups in total. The van der Waals surface area contributed by atoms with Crippen molar-refractivity contribution in [1.29, 1.82) is 0 Å². The molecule has 18 heavy (non-hydrogen) atoms. The van der Waals surface area contributed by atoms with E-state index in [4.69, 9.17) is 4.42 Å². The summed E-state index contributed by atoms with van der Waals surface area (Å²) in [5, 5.41) is 7.35. The molecular weight excluding hydrogens is 230 g/mol. The highest BCUT2D eigenvalue weighted by Gasteiger charge is 2.05. The topological polar surface area (TPSA) is 60.1 Å². The number of furan rings is 1. The fourth-order valence-electron chi connectivity index (χ4n) is 1.66. The fourth-order valence-corrected chi connectivity index (χ4v) is 1.66. The normalized spacial score (nSPS) is 10.8. The zero-order valence-corrected chi connectivity index (χ0v) is 10.6. The average Bonchev–Trinajstić information content (AvgIpc) is 2.79.